The largest absolute Gasteiger partial charge is 0.390 e. The highest BCUT2D eigenvalue weighted by Crippen LogP contribution is 2.45. The molecule has 1 saturated carbocycles. The summed E-state index contributed by atoms with van der Waals surface area (Å²) in [4.78, 5) is 33.2. The van der Waals surface area contributed by atoms with E-state index in [0.717, 1.165) is 37.3 Å². The molecule has 0 saturated heterocycles. The molecule has 2 amide bonds. The normalized spacial score (nSPS) is 14.9. The highest BCUT2D eigenvalue weighted by molar-refractivity contribution is 7.13. The molecule has 1 aliphatic carbocycles. The lowest BCUT2D eigenvalue weighted by atomic mass is 9.98. The van der Waals surface area contributed by atoms with Crippen molar-refractivity contribution in [3.05, 3.63) is 112 Å². The van der Waals surface area contributed by atoms with E-state index in [-0.39, 0.29) is 30.0 Å². The quantitative estimate of drug-likeness (QED) is 0.160. The molecule has 236 valence electrons. The fraction of sp³-hybridized carbons (Fsp3) is 0.343. The lowest BCUT2D eigenvalue weighted by Crippen LogP contribution is -2.50. The molecule has 1 aliphatic rings. The van der Waals surface area contributed by atoms with Crippen LogP contribution in [0.15, 0.2) is 78.3 Å². The van der Waals surface area contributed by atoms with Crippen molar-refractivity contribution in [1.82, 2.24) is 20.5 Å². The Morgan fingerprint density at radius 2 is 1.76 bits per heavy atom. The zero-order chi connectivity index (χ0) is 32.0. The highest BCUT2D eigenvalue weighted by Gasteiger charge is 2.44. The molecule has 45 heavy (non-hydrogen) atoms. The molecular formula is C35H38F2N4O3S. The molecule has 5 rings (SSSR count). The third-order valence-electron chi connectivity index (χ3n) is 8.20. The van der Waals surface area contributed by atoms with Crippen LogP contribution in [0.1, 0.15) is 64.4 Å². The van der Waals surface area contributed by atoms with Gasteiger partial charge in [0.2, 0.25) is 0 Å². The minimum absolute atomic E-state index is 0.0146. The Labute approximate surface area is 266 Å². The number of unbranched alkanes of at least 4 members (excludes halogenated alkanes) is 1. The SMILES string of the molecule is CCCCN(C)C(=O)c1cc(C(=O)N[C@H](Cc2cc(F)cc(F)c2)[C@@H](O)CNC2(c3ccccc3)CC2)cc(-c2nccs2)c1. The highest BCUT2D eigenvalue weighted by atomic mass is 32.1. The lowest BCUT2D eigenvalue weighted by Gasteiger charge is -2.27. The molecular weight excluding hydrogens is 594 g/mol. The molecule has 4 aromatic rings. The number of aliphatic hydroxyl groups is 1. The van der Waals surface area contributed by atoms with Crippen LogP contribution in [0.2, 0.25) is 0 Å². The Bertz CT molecular complexity index is 1590. The number of carbonyl (C=O) groups is 2. The Morgan fingerprint density at radius 1 is 1.04 bits per heavy atom. The van der Waals surface area contributed by atoms with Crippen molar-refractivity contribution in [3.8, 4) is 10.6 Å². The first-order valence-corrected chi connectivity index (χ1v) is 16.1. The van der Waals surface area contributed by atoms with Gasteiger partial charge >= 0.3 is 0 Å². The van der Waals surface area contributed by atoms with Crippen molar-refractivity contribution in [2.45, 2.75) is 56.7 Å². The Kier molecular flexibility index (Phi) is 10.4. The van der Waals surface area contributed by atoms with Gasteiger partial charge in [-0.3, -0.25) is 9.59 Å². The minimum Gasteiger partial charge on any atom is -0.390 e. The van der Waals surface area contributed by atoms with E-state index in [0.29, 0.717) is 28.2 Å². The van der Waals surface area contributed by atoms with E-state index in [9.17, 15) is 23.5 Å². The number of aliphatic hydroxyl groups excluding tert-OH is 1. The number of hydrogen-bond donors (Lipinski definition) is 3. The van der Waals surface area contributed by atoms with E-state index >= 15 is 0 Å². The molecule has 0 radical (unpaired) electrons. The zero-order valence-corrected chi connectivity index (χ0v) is 26.2. The van der Waals surface area contributed by atoms with Gasteiger partial charge < -0.3 is 20.6 Å². The number of aromatic nitrogens is 1. The van der Waals surface area contributed by atoms with Crippen LogP contribution in [-0.4, -0.2) is 59.1 Å². The van der Waals surface area contributed by atoms with Crippen LogP contribution in [-0.2, 0) is 12.0 Å². The maximum Gasteiger partial charge on any atom is 0.253 e. The summed E-state index contributed by atoms with van der Waals surface area (Å²) in [6.07, 6.45) is 4.14. The van der Waals surface area contributed by atoms with Gasteiger partial charge in [0.25, 0.3) is 11.8 Å². The first-order valence-electron chi connectivity index (χ1n) is 15.2. The van der Waals surface area contributed by atoms with Crippen LogP contribution >= 0.6 is 11.3 Å². The van der Waals surface area contributed by atoms with Gasteiger partial charge in [-0.1, -0.05) is 43.7 Å². The van der Waals surface area contributed by atoms with Gasteiger partial charge in [-0.15, -0.1) is 11.3 Å². The van der Waals surface area contributed by atoms with E-state index in [4.69, 9.17) is 0 Å². The second-order valence-electron chi connectivity index (χ2n) is 11.7. The number of amides is 2. The summed E-state index contributed by atoms with van der Waals surface area (Å²) in [7, 11) is 1.73. The van der Waals surface area contributed by atoms with Crippen molar-refractivity contribution >= 4 is 23.2 Å². The Balaban J connectivity index is 1.41. The van der Waals surface area contributed by atoms with Crippen LogP contribution in [0.3, 0.4) is 0 Å². The molecule has 2 atom stereocenters. The molecule has 3 aromatic carbocycles. The van der Waals surface area contributed by atoms with E-state index in [2.05, 4.69) is 22.5 Å². The molecule has 0 bridgehead atoms. The van der Waals surface area contributed by atoms with Crippen LogP contribution < -0.4 is 10.6 Å². The molecule has 0 spiro atoms. The van der Waals surface area contributed by atoms with Gasteiger partial charge in [0.15, 0.2) is 0 Å². The number of rotatable bonds is 14. The topological polar surface area (TPSA) is 94.6 Å². The van der Waals surface area contributed by atoms with Crippen molar-refractivity contribution in [1.29, 1.82) is 0 Å². The Morgan fingerprint density at radius 3 is 2.40 bits per heavy atom. The summed E-state index contributed by atoms with van der Waals surface area (Å²) >= 11 is 1.39. The van der Waals surface area contributed by atoms with Crippen molar-refractivity contribution in [3.63, 3.8) is 0 Å². The summed E-state index contributed by atoms with van der Waals surface area (Å²) < 4.78 is 28.2. The molecule has 7 nitrogen and oxygen atoms in total. The second-order valence-corrected chi connectivity index (χ2v) is 12.6. The predicted octanol–water partition coefficient (Wildman–Crippen LogP) is 5.94. The number of thiazole rings is 1. The first kappa shape index (κ1) is 32.4. The number of benzene rings is 3. The van der Waals surface area contributed by atoms with Crippen molar-refractivity contribution < 1.29 is 23.5 Å². The maximum atomic E-state index is 14.1. The lowest BCUT2D eigenvalue weighted by molar-refractivity contribution is 0.0793. The summed E-state index contributed by atoms with van der Waals surface area (Å²) in [5.74, 6) is -2.23. The Hall–Kier alpha value is -3.99. The molecule has 0 unspecified atom stereocenters. The van der Waals surface area contributed by atoms with E-state index < -0.39 is 29.7 Å². The molecule has 1 heterocycles. The standard InChI is InChI=1S/C35H38F2N4O3S/c1-3-4-13-41(2)34(44)26-19-24(18-25(20-26)33-38-12-14-45-33)32(43)40-30(17-23-15-28(36)21-29(37)16-23)31(42)22-39-35(10-11-35)27-8-6-5-7-9-27/h5-9,12,14-16,18-21,30-31,39,42H,3-4,10-11,13,17,22H2,1-2H3,(H,40,43)/t30-,31+/m1/s1. The average Bonchev–Trinajstić information content (AvgIpc) is 3.63. The summed E-state index contributed by atoms with van der Waals surface area (Å²) in [6, 6.07) is 17.2. The van der Waals surface area contributed by atoms with Gasteiger partial charge in [0.05, 0.1) is 12.1 Å². The maximum absolute atomic E-state index is 14.1. The van der Waals surface area contributed by atoms with Crippen molar-refractivity contribution in [2.75, 3.05) is 20.1 Å². The predicted molar refractivity (Wildman–Crippen MR) is 172 cm³/mol. The van der Waals surface area contributed by atoms with Crippen LogP contribution in [0.5, 0.6) is 0 Å². The van der Waals surface area contributed by atoms with Crippen molar-refractivity contribution in [2.24, 2.45) is 0 Å². The van der Waals surface area contributed by atoms with E-state index in [1.54, 1.807) is 30.3 Å². The smallest absolute Gasteiger partial charge is 0.253 e. The summed E-state index contributed by atoms with van der Waals surface area (Å²) in [6.45, 7) is 2.77. The van der Waals surface area contributed by atoms with Gasteiger partial charge in [0, 0.05) is 60.0 Å². The second kappa shape index (κ2) is 14.4. The summed E-state index contributed by atoms with van der Waals surface area (Å²) in [5.41, 5.74) is 2.33. The molecule has 1 fully saturated rings. The van der Waals surface area contributed by atoms with Crippen LogP contribution in [0.4, 0.5) is 8.78 Å². The van der Waals surface area contributed by atoms with E-state index in [1.807, 2.05) is 35.7 Å². The molecule has 1 aromatic heterocycles. The minimum atomic E-state index is -1.09. The van der Waals surface area contributed by atoms with Gasteiger partial charge in [-0.25, -0.2) is 13.8 Å². The van der Waals surface area contributed by atoms with Gasteiger partial charge in [-0.05, 0) is 67.1 Å². The zero-order valence-electron chi connectivity index (χ0n) is 25.4. The third-order valence-corrected chi connectivity index (χ3v) is 9.02. The van der Waals surface area contributed by atoms with E-state index in [1.165, 1.54) is 29.5 Å². The molecule has 10 heteroatoms. The first-order chi connectivity index (χ1) is 21.7. The summed E-state index contributed by atoms with van der Waals surface area (Å²) in [5, 5.41) is 20.2. The fourth-order valence-corrected chi connectivity index (χ4v) is 6.12. The number of halogens is 2. The van der Waals surface area contributed by atoms with Crippen LogP contribution in [0, 0.1) is 11.6 Å². The van der Waals surface area contributed by atoms with Gasteiger partial charge in [0.1, 0.15) is 16.6 Å². The number of nitrogens with one attached hydrogen (secondary N) is 2. The van der Waals surface area contributed by atoms with Gasteiger partial charge in [-0.2, -0.15) is 0 Å². The number of carbonyl (C=O) groups excluding carboxylic acids is 2. The third kappa shape index (κ3) is 8.19. The number of hydrogen-bond acceptors (Lipinski definition) is 6. The fourth-order valence-electron chi connectivity index (χ4n) is 5.50. The monoisotopic (exact) mass is 632 g/mol. The average molecular weight is 633 g/mol. The van der Waals surface area contributed by atoms with Crippen LogP contribution in [0.25, 0.3) is 10.6 Å². The molecule has 0 aliphatic heterocycles. The molecule has 3 N–H and O–H groups in total. The number of nitrogens with zero attached hydrogens (tertiary/aromatic N) is 2.